The summed E-state index contributed by atoms with van der Waals surface area (Å²) in [6, 6.07) is 11.8. The van der Waals surface area contributed by atoms with Crippen LogP contribution in [0.3, 0.4) is 0 Å². The van der Waals surface area contributed by atoms with Gasteiger partial charge in [0.1, 0.15) is 10.6 Å². The molecule has 0 spiro atoms. The molecule has 28 heavy (non-hydrogen) atoms. The van der Waals surface area contributed by atoms with E-state index >= 15 is 0 Å². The highest BCUT2D eigenvalue weighted by molar-refractivity contribution is 7.98. The van der Waals surface area contributed by atoms with E-state index in [1.165, 1.54) is 23.5 Å². The first kappa shape index (κ1) is 20.7. The van der Waals surface area contributed by atoms with Crippen molar-refractivity contribution in [2.45, 2.75) is 9.79 Å². The average Bonchev–Trinajstić information content (AvgIpc) is 2.74. The number of carbonyl (C=O) groups is 1. The maximum absolute atomic E-state index is 13.0. The van der Waals surface area contributed by atoms with Crippen LogP contribution in [0.4, 0.5) is 5.69 Å². The third-order valence-electron chi connectivity index (χ3n) is 4.34. The van der Waals surface area contributed by atoms with Crippen molar-refractivity contribution in [1.29, 1.82) is 0 Å². The summed E-state index contributed by atoms with van der Waals surface area (Å²) in [6.45, 7) is 1.22. The Balaban J connectivity index is 1.90. The third kappa shape index (κ3) is 4.49. The van der Waals surface area contributed by atoms with E-state index in [0.717, 1.165) is 4.90 Å². The quantitative estimate of drug-likeness (QED) is 0.721. The maximum Gasteiger partial charge on any atom is 0.255 e. The number of hydrogen-bond acceptors (Lipinski definition) is 6. The molecule has 2 aromatic rings. The highest BCUT2D eigenvalue weighted by Crippen LogP contribution is 2.29. The van der Waals surface area contributed by atoms with Crippen molar-refractivity contribution in [3.63, 3.8) is 0 Å². The molecule has 9 heteroatoms. The standard InChI is InChI=1S/C19H22N2O5S2/c1-25-17-7-6-14(19(22)20-15-4-3-5-16(13-15)27-2)12-18(17)28(23,24)21-8-10-26-11-9-21/h3-7,12-13H,8-11H2,1-2H3,(H,20,22). The van der Waals surface area contributed by atoms with Gasteiger partial charge in [0, 0.05) is 29.2 Å². The zero-order valence-corrected chi connectivity index (χ0v) is 17.3. The molecule has 1 aliphatic heterocycles. The van der Waals surface area contributed by atoms with Crippen LogP contribution in [-0.2, 0) is 14.8 Å². The summed E-state index contributed by atoms with van der Waals surface area (Å²) in [5.74, 6) is -0.188. The number of methoxy groups -OCH3 is 1. The summed E-state index contributed by atoms with van der Waals surface area (Å²) >= 11 is 1.57. The lowest BCUT2D eigenvalue weighted by Crippen LogP contribution is -2.40. The van der Waals surface area contributed by atoms with Crippen LogP contribution in [0.15, 0.2) is 52.3 Å². The Labute approximate surface area is 169 Å². The zero-order chi connectivity index (χ0) is 20.1. The number of nitrogens with zero attached hydrogens (tertiary/aromatic N) is 1. The van der Waals surface area contributed by atoms with Gasteiger partial charge in [-0.15, -0.1) is 11.8 Å². The summed E-state index contributed by atoms with van der Waals surface area (Å²) in [7, 11) is -2.40. The molecule has 1 heterocycles. The molecular weight excluding hydrogens is 400 g/mol. The largest absolute Gasteiger partial charge is 0.495 e. The van der Waals surface area contributed by atoms with Crippen LogP contribution in [0.1, 0.15) is 10.4 Å². The van der Waals surface area contributed by atoms with E-state index in [1.807, 2.05) is 24.5 Å². The molecule has 0 bridgehead atoms. The smallest absolute Gasteiger partial charge is 0.255 e. The number of amides is 1. The number of carbonyl (C=O) groups excluding carboxylic acids is 1. The number of morpholine rings is 1. The maximum atomic E-state index is 13.0. The molecule has 2 aromatic carbocycles. The molecule has 1 aliphatic rings. The Morgan fingerprint density at radius 3 is 2.61 bits per heavy atom. The number of thioether (sulfide) groups is 1. The number of sulfonamides is 1. The number of rotatable bonds is 6. The molecule has 0 aromatic heterocycles. The molecule has 0 saturated carbocycles. The Hall–Kier alpha value is -2.07. The highest BCUT2D eigenvalue weighted by atomic mass is 32.2. The van der Waals surface area contributed by atoms with Crippen molar-refractivity contribution in [3.8, 4) is 5.75 Å². The van der Waals surface area contributed by atoms with Gasteiger partial charge in [0.15, 0.2) is 0 Å². The molecule has 1 N–H and O–H groups in total. The fourth-order valence-corrected chi connectivity index (χ4v) is 4.90. The molecule has 150 valence electrons. The SMILES string of the molecule is COc1ccc(C(=O)Nc2cccc(SC)c2)cc1S(=O)(=O)N1CCOCC1. The van der Waals surface area contributed by atoms with Gasteiger partial charge in [-0.05, 0) is 42.7 Å². The van der Waals surface area contributed by atoms with E-state index in [9.17, 15) is 13.2 Å². The van der Waals surface area contributed by atoms with Crippen LogP contribution >= 0.6 is 11.8 Å². The predicted molar refractivity (Wildman–Crippen MR) is 109 cm³/mol. The van der Waals surface area contributed by atoms with Crippen LogP contribution in [-0.4, -0.2) is 58.3 Å². The van der Waals surface area contributed by atoms with Crippen molar-refractivity contribution in [2.24, 2.45) is 0 Å². The Bertz CT molecular complexity index is 957. The second-order valence-corrected chi connectivity index (χ2v) is 8.85. The average molecular weight is 423 g/mol. The molecule has 0 unspecified atom stereocenters. The molecule has 7 nitrogen and oxygen atoms in total. The molecule has 1 amide bonds. The summed E-state index contributed by atoms with van der Waals surface area (Å²) in [6.07, 6.45) is 1.95. The number of benzene rings is 2. The van der Waals surface area contributed by atoms with Gasteiger partial charge in [-0.3, -0.25) is 4.79 Å². The van der Waals surface area contributed by atoms with Crippen molar-refractivity contribution < 1.29 is 22.7 Å². The van der Waals surface area contributed by atoms with Crippen LogP contribution in [0.25, 0.3) is 0 Å². The van der Waals surface area contributed by atoms with Gasteiger partial charge in [0.25, 0.3) is 5.91 Å². The first-order chi connectivity index (χ1) is 13.5. The van der Waals surface area contributed by atoms with Crippen LogP contribution in [0, 0.1) is 0 Å². The lowest BCUT2D eigenvalue weighted by atomic mass is 10.2. The number of ether oxygens (including phenoxy) is 2. The van der Waals surface area contributed by atoms with Crippen LogP contribution in [0.5, 0.6) is 5.75 Å². The van der Waals surface area contributed by atoms with E-state index in [2.05, 4.69) is 5.32 Å². The Morgan fingerprint density at radius 2 is 1.93 bits per heavy atom. The summed E-state index contributed by atoms with van der Waals surface area (Å²) in [4.78, 5) is 13.7. The Morgan fingerprint density at radius 1 is 1.18 bits per heavy atom. The predicted octanol–water partition coefficient (Wildman–Crippen LogP) is 2.69. The molecule has 3 rings (SSSR count). The topological polar surface area (TPSA) is 84.9 Å². The molecular formula is C19H22N2O5S2. The van der Waals surface area contributed by atoms with Gasteiger partial charge in [-0.1, -0.05) is 6.07 Å². The first-order valence-corrected chi connectivity index (χ1v) is 11.3. The summed E-state index contributed by atoms with van der Waals surface area (Å²) < 4.78 is 37.9. The summed E-state index contributed by atoms with van der Waals surface area (Å²) in [5.41, 5.74) is 0.882. The van der Waals surface area contributed by atoms with Crippen LogP contribution in [0.2, 0.25) is 0 Å². The van der Waals surface area contributed by atoms with Gasteiger partial charge >= 0.3 is 0 Å². The van der Waals surface area contributed by atoms with Crippen molar-refractivity contribution in [1.82, 2.24) is 4.31 Å². The van der Waals surface area contributed by atoms with Crippen molar-refractivity contribution >= 4 is 33.4 Å². The second-order valence-electron chi connectivity index (χ2n) is 6.07. The monoisotopic (exact) mass is 422 g/mol. The fraction of sp³-hybridized carbons (Fsp3) is 0.316. The third-order valence-corrected chi connectivity index (χ3v) is 6.99. The lowest BCUT2D eigenvalue weighted by molar-refractivity contribution is 0.0729. The fourth-order valence-electron chi connectivity index (χ4n) is 2.85. The van der Waals surface area contributed by atoms with E-state index in [4.69, 9.17) is 9.47 Å². The number of anilines is 1. The number of hydrogen-bond donors (Lipinski definition) is 1. The first-order valence-electron chi connectivity index (χ1n) is 8.67. The van der Waals surface area contributed by atoms with E-state index < -0.39 is 10.0 Å². The van der Waals surface area contributed by atoms with E-state index in [0.29, 0.717) is 18.9 Å². The Kier molecular flexibility index (Phi) is 6.61. The van der Waals surface area contributed by atoms with Gasteiger partial charge in [-0.2, -0.15) is 4.31 Å². The molecule has 1 saturated heterocycles. The minimum atomic E-state index is -3.80. The van der Waals surface area contributed by atoms with Gasteiger partial charge in [0.05, 0.1) is 20.3 Å². The van der Waals surface area contributed by atoms with E-state index in [-0.39, 0.29) is 35.2 Å². The minimum absolute atomic E-state index is 0.0255. The van der Waals surface area contributed by atoms with Crippen molar-refractivity contribution in [3.05, 3.63) is 48.0 Å². The molecule has 1 fully saturated rings. The normalized spacial score (nSPS) is 15.2. The summed E-state index contributed by atoms with van der Waals surface area (Å²) in [5, 5.41) is 2.81. The highest BCUT2D eigenvalue weighted by Gasteiger charge is 2.30. The van der Waals surface area contributed by atoms with E-state index in [1.54, 1.807) is 23.9 Å². The molecule has 0 aliphatic carbocycles. The second kappa shape index (κ2) is 8.95. The lowest BCUT2D eigenvalue weighted by Gasteiger charge is -2.26. The number of nitrogens with one attached hydrogen (secondary N) is 1. The van der Waals surface area contributed by atoms with Gasteiger partial charge < -0.3 is 14.8 Å². The molecule has 0 radical (unpaired) electrons. The van der Waals surface area contributed by atoms with Crippen molar-refractivity contribution in [2.75, 3.05) is 45.0 Å². The molecule has 0 atom stereocenters. The van der Waals surface area contributed by atoms with Gasteiger partial charge in [-0.25, -0.2) is 8.42 Å². The minimum Gasteiger partial charge on any atom is -0.495 e. The van der Waals surface area contributed by atoms with Crippen LogP contribution < -0.4 is 10.1 Å². The van der Waals surface area contributed by atoms with Gasteiger partial charge in [0.2, 0.25) is 10.0 Å². The zero-order valence-electron chi connectivity index (χ0n) is 15.7.